The first-order valence-corrected chi connectivity index (χ1v) is 2.45. The van der Waals surface area contributed by atoms with Gasteiger partial charge in [-0.15, -0.1) is 6.42 Å². The summed E-state index contributed by atoms with van der Waals surface area (Å²) in [5, 5.41) is 0. The molecule has 1 atom stereocenters. The third-order valence-electron chi connectivity index (χ3n) is 0.613. The highest BCUT2D eigenvalue weighted by Gasteiger charge is 1.92. The zero-order chi connectivity index (χ0) is 6.57. The molecule has 0 saturated heterocycles. The summed E-state index contributed by atoms with van der Waals surface area (Å²) in [4.78, 5) is 0. The summed E-state index contributed by atoms with van der Waals surface area (Å²) in [6.45, 7) is 7.10. The van der Waals surface area contributed by atoms with E-state index in [2.05, 4.69) is 12.5 Å². The Bertz CT molecular complexity index is 119. The molecule has 0 rings (SSSR count). The lowest BCUT2D eigenvalue weighted by molar-refractivity contribution is 0.181. The molecule has 0 aliphatic heterocycles. The van der Waals surface area contributed by atoms with E-state index in [4.69, 9.17) is 11.2 Å². The monoisotopic (exact) mass is 110 g/mol. The molecule has 0 amide bonds. The van der Waals surface area contributed by atoms with Gasteiger partial charge in [0.25, 0.3) is 0 Å². The van der Waals surface area contributed by atoms with E-state index >= 15 is 0 Å². The van der Waals surface area contributed by atoms with Gasteiger partial charge in [0, 0.05) is 0 Å². The van der Waals surface area contributed by atoms with Gasteiger partial charge in [-0.3, -0.25) is 0 Å². The van der Waals surface area contributed by atoms with Crippen molar-refractivity contribution in [2.24, 2.45) is 0 Å². The molecule has 0 saturated carbocycles. The van der Waals surface area contributed by atoms with Gasteiger partial charge in [0.05, 0.1) is 5.76 Å². The smallest absolute Gasteiger partial charge is 0.155 e. The van der Waals surface area contributed by atoms with Crippen molar-refractivity contribution in [1.29, 1.82) is 0 Å². The maximum Gasteiger partial charge on any atom is 0.155 e. The zero-order valence-electron chi connectivity index (χ0n) is 5.27. The van der Waals surface area contributed by atoms with Crippen LogP contribution in [0.5, 0.6) is 0 Å². The van der Waals surface area contributed by atoms with Gasteiger partial charge in [-0.05, 0) is 13.8 Å². The largest absolute Gasteiger partial charge is 0.483 e. The van der Waals surface area contributed by atoms with E-state index < -0.39 is 0 Å². The molecule has 44 valence electrons. The van der Waals surface area contributed by atoms with Gasteiger partial charge in [0.2, 0.25) is 0 Å². The highest BCUT2D eigenvalue weighted by Crippen LogP contribution is 1.95. The summed E-state index contributed by atoms with van der Waals surface area (Å²) >= 11 is 0. The van der Waals surface area contributed by atoms with E-state index in [1.54, 1.807) is 13.8 Å². The van der Waals surface area contributed by atoms with Crippen molar-refractivity contribution in [2.75, 3.05) is 0 Å². The van der Waals surface area contributed by atoms with Gasteiger partial charge in [-0.2, -0.15) is 0 Å². The van der Waals surface area contributed by atoms with Crippen LogP contribution in [0, 0.1) is 12.3 Å². The summed E-state index contributed by atoms with van der Waals surface area (Å²) in [7, 11) is 0. The van der Waals surface area contributed by atoms with Crippen LogP contribution < -0.4 is 0 Å². The quantitative estimate of drug-likeness (QED) is 0.387. The molecule has 8 heavy (non-hydrogen) atoms. The third kappa shape index (κ3) is 3.30. The molecule has 0 fully saturated rings. The number of rotatable bonds is 2. The normalized spacial score (nSPS) is 11.6. The highest BCUT2D eigenvalue weighted by molar-refractivity contribution is 4.94. The van der Waals surface area contributed by atoms with Crippen molar-refractivity contribution < 1.29 is 4.74 Å². The fourth-order valence-electron chi connectivity index (χ4n) is 0.336. The van der Waals surface area contributed by atoms with E-state index in [1.165, 1.54) is 0 Å². The summed E-state index contributed by atoms with van der Waals surface area (Å²) in [5.41, 5.74) is 0. The predicted molar refractivity (Wildman–Crippen MR) is 34.2 cm³/mol. The Morgan fingerprint density at radius 3 is 2.50 bits per heavy atom. The molecule has 0 spiro atoms. The van der Waals surface area contributed by atoms with E-state index in [1.807, 2.05) is 0 Å². The van der Waals surface area contributed by atoms with Crippen LogP contribution in [0.25, 0.3) is 0 Å². The first-order valence-electron chi connectivity index (χ1n) is 2.45. The fraction of sp³-hybridized carbons (Fsp3) is 0.429. The van der Waals surface area contributed by atoms with Crippen LogP contribution in [0.15, 0.2) is 12.3 Å². The Labute approximate surface area is 50.4 Å². The van der Waals surface area contributed by atoms with Gasteiger partial charge in [0.15, 0.2) is 6.10 Å². The van der Waals surface area contributed by atoms with Gasteiger partial charge >= 0.3 is 0 Å². The molecule has 0 aliphatic carbocycles. The lowest BCUT2D eigenvalue weighted by Crippen LogP contribution is -2.01. The molecule has 0 aromatic rings. The zero-order valence-corrected chi connectivity index (χ0v) is 5.27. The summed E-state index contributed by atoms with van der Waals surface area (Å²) in [6, 6.07) is 0. The van der Waals surface area contributed by atoms with Crippen molar-refractivity contribution in [3.05, 3.63) is 12.3 Å². The predicted octanol–water partition coefficient (Wildman–Crippen LogP) is 1.56. The molecular weight excluding hydrogens is 100 g/mol. The maximum atomic E-state index is 5.00. The summed E-state index contributed by atoms with van der Waals surface area (Å²) < 4.78 is 4.97. The number of terminal acetylenes is 1. The Hall–Kier alpha value is -0.900. The molecule has 1 nitrogen and oxygen atoms in total. The minimum absolute atomic E-state index is 0.146. The standard InChI is InChI=1S/C7H10O/c1-5-7(4)8-6(2)3/h1,7H,2H2,3-4H3. The number of hydrogen-bond donors (Lipinski definition) is 0. The average molecular weight is 110 g/mol. The Morgan fingerprint density at radius 2 is 2.38 bits per heavy atom. The molecule has 0 heterocycles. The second-order valence-electron chi connectivity index (χ2n) is 1.63. The minimum Gasteiger partial charge on any atom is -0.483 e. The van der Waals surface area contributed by atoms with Gasteiger partial charge in [-0.1, -0.05) is 12.5 Å². The van der Waals surface area contributed by atoms with E-state index in [0.717, 1.165) is 0 Å². The van der Waals surface area contributed by atoms with E-state index in [0.29, 0.717) is 5.76 Å². The average Bonchev–Trinajstić information content (AvgIpc) is 1.65. The van der Waals surface area contributed by atoms with Crippen molar-refractivity contribution in [2.45, 2.75) is 20.0 Å². The Kier molecular flexibility index (Phi) is 2.79. The molecule has 0 aromatic heterocycles. The summed E-state index contributed by atoms with van der Waals surface area (Å²) in [5.74, 6) is 3.08. The van der Waals surface area contributed by atoms with Crippen LogP contribution in [0.3, 0.4) is 0 Å². The minimum atomic E-state index is -0.146. The van der Waals surface area contributed by atoms with Crippen LogP contribution in [-0.4, -0.2) is 6.10 Å². The number of hydrogen-bond acceptors (Lipinski definition) is 1. The number of ether oxygens (including phenoxy) is 1. The van der Waals surface area contributed by atoms with Crippen molar-refractivity contribution in [1.82, 2.24) is 0 Å². The van der Waals surface area contributed by atoms with Gasteiger partial charge in [-0.25, -0.2) is 0 Å². The molecule has 0 bridgehead atoms. The second-order valence-corrected chi connectivity index (χ2v) is 1.63. The van der Waals surface area contributed by atoms with Crippen molar-refractivity contribution >= 4 is 0 Å². The van der Waals surface area contributed by atoms with Crippen LogP contribution >= 0.6 is 0 Å². The topological polar surface area (TPSA) is 9.23 Å². The maximum absolute atomic E-state index is 5.00. The Balaban J connectivity index is 3.43. The van der Waals surface area contributed by atoms with Crippen LogP contribution in [0.1, 0.15) is 13.8 Å². The molecule has 0 N–H and O–H groups in total. The molecule has 0 radical (unpaired) electrons. The summed E-state index contributed by atoms with van der Waals surface area (Å²) in [6.07, 6.45) is 4.86. The first kappa shape index (κ1) is 7.10. The van der Waals surface area contributed by atoms with Gasteiger partial charge in [0.1, 0.15) is 0 Å². The molecule has 1 unspecified atom stereocenters. The Morgan fingerprint density at radius 1 is 1.88 bits per heavy atom. The molecule has 0 aliphatic rings. The van der Waals surface area contributed by atoms with Crippen molar-refractivity contribution in [3.63, 3.8) is 0 Å². The van der Waals surface area contributed by atoms with Crippen molar-refractivity contribution in [3.8, 4) is 12.3 Å². The lowest BCUT2D eigenvalue weighted by Gasteiger charge is -2.05. The van der Waals surface area contributed by atoms with Gasteiger partial charge < -0.3 is 4.74 Å². The van der Waals surface area contributed by atoms with Crippen LogP contribution in [0.2, 0.25) is 0 Å². The third-order valence-corrected chi connectivity index (χ3v) is 0.613. The van der Waals surface area contributed by atoms with Crippen LogP contribution in [0.4, 0.5) is 0 Å². The SMILES string of the molecule is C#CC(C)OC(=C)C. The van der Waals surface area contributed by atoms with E-state index in [9.17, 15) is 0 Å². The second kappa shape index (κ2) is 3.15. The highest BCUT2D eigenvalue weighted by atomic mass is 16.5. The molecular formula is C7H10O. The first-order chi connectivity index (χ1) is 3.66. The fourth-order valence-corrected chi connectivity index (χ4v) is 0.336. The van der Waals surface area contributed by atoms with Crippen LogP contribution in [-0.2, 0) is 4.74 Å². The molecule has 0 aromatic carbocycles. The lowest BCUT2D eigenvalue weighted by atomic mass is 10.4. The molecule has 1 heteroatoms. The number of allylic oxidation sites excluding steroid dienone is 1. The van der Waals surface area contributed by atoms with E-state index in [-0.39, 0.29) is 6.10 Å².